The minimum Gasteiger partial charge on any atom is -0.374 e. The van der Waals surface area contributed by atoms with Crippen molar-refractivity contribution in [1.82, 2.24) is 10.2 Å². The van der Waals surface area contributed by atoms with Crippen LogP contribution in [0.1, 0.15) is 11.6 Å². The van der Waals surface area contributed by atoms with Gasteiger partial charge in [-0.2, -0.15) is 0 Å². The maximum Gasteiger partial charge on any atom is 0.261 e. The zero-order valence-electron chi connectivity index (χ0n) is 11.6. The fourth-order valence-corrected chi connectivity index (χ4v) is 2.68. The Kier molecular flexibility index (Phi) is 8.44. The van der Waals surface area contributed by atoms with E-state index in [1.807, 2.05) is 24.3 Å². The van der Waals surface area contributed by atoms with E-state index in [0.29, 0.717) is 13.2 Å². The van der Waals surface area contributed by atoms with Crippen LogP contribution in [0.15, 0.2) is 24.3 Å². The zero-order valence-corrected chi connectivity index (χ0v) is 13.2. The molecule has 1 aromatic rings. The molecular weight excluding hydrogens is 321 g/mol. The molecule has 120 valence electrons. The fourth-order valence-electron chi connectivity index (χ4n) is 2.42. The molecule has 21 heavy (non-hydrogen) atoms. The van der Waals surface area contributed by atoms with Crippen LogP contribution in [-0.2, 0) is 4.74 Å². The van der Waals surface area contributed by atoms with Gasteiger partial charge in [0, 0.05) is 37.2 Å². The lowest BCUT2D eigenvalue weighted by atomic mass is 10.0. The van der Waals surface area contributed by atoms with Crippen LogP contribution in [0.25, 0.3) is 0 Å². The van der Waals surface area contributed by atoms with Gasteiger partial charge in [-0.15, -0.1) is 12.4 Å². The van der Waals surface area contributed by atoms with Crippen LogP contribution in [0.2, 0.25) is 5.02 Å². The molecule has 0 saturated carbocycles. The summed E-state index contributed by atoms with van der Waals surface area (Å²) >= 11 is 6.24. The van der Waals surface area contributed by atoms with Crippen molar-refractivity contribution in [3.63, 3.8) is 0 Å². The van der Waals surface area contributed by atoms with Gasteiger partial charge in [-0.1, -0.05) is 29.8 Å². The molecule has 1 unspecified atom stereocenters. The van der Waals surface area contributed by atoms with Gasteiger partial charge in [-0.25, -0.2) is 8.78 Å². The second-order valence-electron chi connectivity index (χ2n) is 4.74. The molecule has 2 rings (SSSR count). The van der Waals surface area contributed by atoms with Gasteiger partial charge in [0.1, 0.15) is 6.61 Å². The molecule has 0 aromatic heterocycles. The van der Waals surface area contributed by atoms with Crippen molar-refractivity contribution in [2.24, 2.45) is 0 Å². The molecule has 0 amide bonds. The van der Waals surface area contributed by atoms with Crippen molar-refractivity contribution >= 4 is 24.0 Å². The van der Waals surface area contributed by atoms with Crippen molar-refractivity contribution in [2.75, 3.05) is 39.4 Å². The van der Waals surface area contributed by atoms with E-state index in [4.69, 9.17) is 16.3 Å². The van der Waals surface area contributed by atoms with Crippen LogP contribution >= 0.6 is 24.0 Å². The molecule has 1 atom stereocenters. The molecule has 1 aromatic carbocycles. The Balaban J connectivity index is 0.00000220. The van der Waals surface area contributed by atoms with Crippen LogP contribution in [0, 0.1) is 0 Å². The highest BCUT2D eigenvalue weighted by Gasteiger charge is 2.24. The van der Waals surface area contributed by atoms with Crippen molar-refractivity contribution in [3.8, 4) is 0 Å². The first-order valence-corrected chi connectivity index (χ1v) is 7.11. The van der Waals surface area contributed by atoms with Crippen LogP contribution < -0.4 is 5.32 Å². The minimum absolute atomic E-state index is 0. The van der Waals surface area contributed by atoms with E-state index in [0.717, 1.165) is 30.2 Å². The summed E-state index contributed by atoms with van der Waals surface area (Å²) in [5, 5.41) is 4.07. The molecule has 1 heterocycles. The largest absolute Gasteiger partial charge is 0.374 e. The summed E-state index contributed by atoms with van der Waals surface area (Å²) in [5.74, 6) is 0. The highest BCUT2D eigenvalue weighted by atomic mass is 35.5. The second-order valence-corrected chi connectivity index (χ2v) is 5.15. The van der Waals surface area contributed by atoms with Gasteiger partial charge >= 0.3 is 0 Å². The van der Waals surface area contributed by atoms with Gasteiger partial charge in [0.15, 0.2) is 0 Å². The molecule has 0 spiro atoms. The van der Waals surface area contributed by atoms with Gasteiger partial charge in [0.05, 0.1) is 6.61 Å². The average molecular weight is 341 g/mol. The number of benzene rings is 1. The van der Waals surface area contributed by atoms with Gasteiger partial charge in [0.25, 0.3) is 6.43 Å². The standard InChI is InChI=1S/C14H19ClF2N2O.ClH/c15-12-4-2-1-3-11(12)13-9-18-5-6-19(13)7-8-20-10-14(16)17;/h1-4,13-14,18H,5-10H2;1H. The first-order valence-electron chi connectivity index (χ1n) is 6.73. The third-order valence-corrected chi connectivity index (χ3v) is 3.73. The Morgan fingerprint density at radius 2 is 2.14 bits per heavy atom. The Hall–Kier alpha value is -0.460. The highest BCUT2D eigenvalue weighted by Crippen LogP contribution is 2.28. The van der Waals surface area contributed by atoms with E-state index < -0.39 is 13.0 Å². The van der Waals surface area contributed by atoms with E-state index in [1.54, 1.807) is 0 Å². The first kappa shape index (κ1) is 18.6. The predicted molar refractivity (Wildman–Crippen MR) is 82.7 cm³/mol. The fraction of sp³-hybridized carbons (Fsp3) is 0.571. The highest BCUT2D eigenvalue weighted by molar-refractivity contribution is 6.31. The number of nitrogens with zero attached hydrogens (tertiary/aromatic N) is 1. The average Bonchev–Trinajstić information content (AvgIpc) is 2.44. The van der Waals surface area contributed by atoms with E-state index in [2.05, 4.69) is 10.2 Å². The van der Waals surface area contributed by atoms with E-state index in [-0.39, 0.29) is 18.4 Å². The third-order valence-electron chi connectivity index (χ3n) is 3.39. The topological polar surface area (TPSA) is 24.5 Å². The minimum atomic E-state index is -2.41. The summed E-state index contributed by atoms with van der Waals surface area (Å²) < 4.78 is 29.0. The quantitative estimate of drug-likeness (QED) is 0.805. The number of alkyl halides is 2. The maximum atomic E-state index is 12.0. The van der Waals surface area contributed by atoms with Gasteiger partial charge in [-0.3, -0.25) is 4.90 Å². The summed E-state index contributed by atoms with van der Waals surface area (Å²) in [7, 11) is 0. The number of hydrogen-bond acceptors (Lipinski definition) is 3. The Bertz CT molecular complexity index is 424. The van der Waals surface area contributed by atoms with Gasteiger partial charge < -0.3 is 10.1 Å². The molecule has 0 radical (unpaired) electrons. The lowest BCUT2D eigenvalue weighted by Crippen LogP contribution is -2.47. The number of ether oxygens (including phenoxy) is 1. The lowest BCUT2D eigenvalue weighted by Gasteiger charge is -2.36. The Labute approximate surface area is 135 Å². The molecule has 1 aliphatic heterocycles. The number of piperazine rings is 1. The molecule has 3 nitrogen and oxygen atoms in total. The van der Waals surface area contributed by atoms with Crippen LogP contribution in [0.3, 0.4) is 0 Å². The second kappa shape index (κ2) is 9.54. The normalized spacial score (nSPS) is 19.5. The van der Waals surface area contributed by atoms with Crippen molar-refractivity contribution in [1.29, 1.82) is 0 Å². The summed E-state index contributed by atoms with van der Waals surface area (Å²) in [6.45, 7) is 2.99. The number of nitrogens with one attached hydrogen (secondary N) is 1. The molecule has 0 bridgehead atoms. The summed E-state index contributed by atoms with van der Waals surface area (Å²) in [5.41, 5.74) is 1.07. The molecule has 1 N–H and O–H groups in total. The van der Waals surface area contributed by atoms with E-state index in [9.17, 15) is 8.78 Å². The number of rotatable bonds is 6. The SMILES string of the molecule is Cl.FC(F)COCCN1CCNCC1c1ccccc1Cl. The van der Waals surface area contributed by atoms with Gasteiger partial charge in [0.2, 0.25) is 0 Å². The number of hydrogen-bond donors (Lipinski definition) is 1. The smallest absolute Gasteiger partial charge is 0.261 e. The van der Waals surface area contributed by atoms with Crippen LogP contribution in [0.5, 0.6) is 0 Å². The van der Waals surface area contributed by atoms with Gasteiger partial charge in [-0.05, 0) is 11.6 Å². The van der Waals surface area contributed by atoms with Crippen LogP contribution in [0.4, 0.5) is 8.78 Å². The van der Waals surface area contributed by atoms with Crippen LogP contribution in [-0.4, -0.2) is 50.7 Å². The summed E-state index contributed by atoms with van der Waals surface area (Å²) in [6, 6.07) is 7.90. The Morgan fingerprint density at radius 3 is 2.86 bits per heavy atom. The molecule has 1 fully saturated rings. The van der Waals surface area contributed by atoms with Crippen molar-refractivity contribution < 1.29 is 13.5 Å². The summed E-state index contributed by atoms with van der Waals surface area (Å²) in [6.07, 6.45) is -2.41. The lowest BCUT2D eigenvalue weighted by molar-refractivity contribution is 0.00370. The molecule has 1 saturated heterocycles. The van der Waals surface area contributed by atoms with Crippen molar-refractivity contribution in [3.05, 3.63) is 34.9 Å². The maximum absolute atomic E-state index is 12.0. The monoisotopic (exact) mass is 340 g/mol. The Morgan fingerprint density at radius 1 is 1.38 bits per heavy atom. The number of halogens is 4. The third kappa shape index (κ3) is 5.68. The zero-order chi connectivity index (χ0) is 14.4. The predicted octanol–water partition coefficient (Wildman–Crippen LogP) is 2.99. The van der Waals surface area contributed by atoms with E-state index >= 15 is 0 Å². The molecule has 0 aliphatic carbocycles. The molecule has 1 aliphatic rings. The molecular formula is C14H20Cl2F2N2O. The summed E-state index contributed by atoms with van der Waals surface area (Å²) in [4.78, 5) is 2.23. The first-order chi connectivity index (χ1) is 9.68. The van der Waals surface area contributed by atoms with Crippen molar-refractivity contribution in [2.45, 2.75) is 12.5 Å². The van der Waals surface area contributed by atoms with E-state index in [1.165, 1.54) is 0 Å². The molecule has 7 heteroatoms.